The summed E-state index contributed by atoms with van der Waals surface area (Å²) in [5.41, 5.74) is 1.34. The molecule has 1 heterocycles. The van der Waals surface area contributed by atoms with Crippen LogP contribution in [0.5, 0.6) is 0 Å². The van der Waals surface area contributed by atoms with Gasteiger partial charge >= 0.3 is 0 Å². The number of hydrogen-bond donors (Lipinski definition) is 2. The lowest BCUT2D eigenvalue weighted by molar-refractivity contribution is 0.172. The fourth-order valence-electron chi connectivity index (χ4n) is 2.54. The molecule has 0 bridgehead atoms. The molecule has 2 N–H and O–H groups in total. The molecule has 0 amide bonds. The number of benzene rings is 1. The van der Waals surface area contributed by atoms with Crippen LogP contribution >= 0.6 is 11.8 Å². The molecular formula is C15H24N2OS. The molecule has 2 rings (SSSR count). The zero-order chi connectivity index (χ0) is 13.5. The first kappa shape index (κ1) is 14.9. The van der Waals surface area contributed by atoms with Crippen molar-refractivity contribution >= 4 is 11.8 Å². The minimum atomic E-state index is -0.136. The molecule has 0 aromatic heterocycles. The lowest BCUT2D eigenvalue weighted by Gasteiger charge is -2.25. The zero-order valence-electron chi connectivity index (χ0n) is 11.6. The van der Waals surface area contributed by atoms with Crippen LogP contribution in [-0.2, 0) is 0 Å². The number of aliphatic hydroxyl groups is 1. The van der Waals surface area contributed by atoms with Crippen LogP contribution < -0.4 is 5.32 Å². The Morgan fingerprint density at radius 2 is 2.21 bits per heavy atom. The average Bonchev–Trinajstić information content (AvgIpc) is 2.84. The van der Waals surface area contributed by atoms with E-state index in [1.165, 1.54) is 5.56 Å². The summed E-state index contributed by atoms with van der Waals surface area (Å²) in [5, 5.41) is 13.3. The van der Waals surface area contributed by atoms with Crippen molar-refractivity contribution in [3.63, 3.8) is 0 Å². The summed E-state index contributed by atoms with van der Waals surface area (Å²) in [5.74, 6) is 1.13. The SMILES string of the molecule is CSCCNC(CN1CC[C@H](O)C1)c1ccccc1. The van der Waals surface area contributed by atoms with Crippen molar-refractivity contribution in [3.8, 4) is 0 Å². The van der Waals surface area contributed by atoms with E-state index in [-0.39, 0.29) is 6.10 Å². The molecule has 1 unspecified atom stereocenters. The van der Waals surface area contributed by atoms with E-state index in [1.54, 1.807) is 0 Å². The normalized spacial score (nSPS) is 21.7. The molecule has 1 aliphatic rings. The van der Waals surface area contributed by atoms with Gasteiger partial charge in [0, 0.05) is 38.0 Å². The third kappa shape index (κ3) is 4.80. The maximum atomic E-state index is 9.63. The lowest BCUT2D eigenvalue weighted by atomic mass is 10.1. The van der Waals surface area contributed by atoms with E-state index in [0.717, 1.165) is 38.4 Å². The molecule has 0 radical (unpaired) electrons. The summed E-state index contributed by atoms with van der Waals surface area (Å²) in [6, 6.07) is 11.0. The molecule has 19 heavy (non-hydrogen) atoms. The number of aliphatic hydroxyl groups excluding tert-OH is 1. The van der Waals surface area contributed by atoms with Crippen molar-refractivity contribution in [1.82, 2.24) is 10.2 Å². The van der Waals surface area contributed by atoms with Gasteiger partial charge in [0.15, 0.2) is 0 Å². The summed E-state index contributed by atoms with van der Waals surface area (Å²) in [6.45, 7) is 3.83. The number of likely N-dealkylation sites (tertiary alicyclic amines) is 1. The number of nitrogens with zero attached hydrogens (tertiary/aromatic N) is 1. The molecule has 0 aliphatic carbocycles. The van der Waals surface area contributed by atoms with Gasteiger partial charge in [0.1, 0.15) is 0 Å². The Kier molecular flexibility index (Phi) is 6.17. The number of thioether (sulfide) groups is 1. The molecule has 106 valence electrons. The van der Waals surface area contributed by atoms with Crippen LogP contribution in [0.4, 0.5) is 0 Å². The molecule has 1 saturated heterocycles. The Hall–Kier alpha value is -0.550. The summed E-state index contributed by atoms with van der Waals surface area (Å²) in [4.78, 5) is 2.36. The Morgan fingerprint density at radius 1 is 1.42 bits per heavy atom. The minimum absolute atomic E-state index is 0.136. The van der Waals surface area contributed by atoms with E-state index in [1.807, 2.05) is 11.8 Å². The highest BCUT2D eigenvalue weighted by Gasteiger charge is 2.23. The van der Waals surface area contributed by atoms with Crippen LogP contribution in [0.1, 0.15) is 18.0 Å². The average molecular weight is 280 g/mol. The number of nitrogens with one attached hydrogen (secondary N) is 1. The first-order chi connectivity index (χ1) is 9.29. The standard InChI is InChI=1S/C15H24N2OS/c1-19-10-8-16-15(13-5-3-2-4-6-13)12-17-9-7-14(18)11-17/h2-6,14-16,18H,7-12H2,1H3/t14-,15?/m0/s1. The first-order valence-corrected chi connectivity index (χ1v) is 8.36. The fraction of sp³-hybridized carbons (Fsp3) is 0.600. The van der Waals surface area contributed by atoms with E-state index in [2.05, 4.69) is 46.8 Å². The van der Waals surface area contributed by atoms with Gasteiger partial charge in [0.25, 0.3) is 0 Å². The molecule has 1 aromatic rings. The Labute approximate surface area is 120 Å². The summed E-state index contributed by atoms with van der Waals surface area (Å²) in [7, 11) is 0. The Morgan fingerprint density at radius 3 is 2.84 bits per heavy atom. The molecule has 0 spiro atoms. The van der Waals surface area contributed by atoms with Crippen molar-refractivity contribution in [2.45, 2.75) is 18.6 Å². The summed E-state index contributed by atoms with van der Waals surface area (Å²) < 4.78 is 0. The van der Waals surface area contributed by atoms with Crippen LogP contribution in [0.3, 0.4) is 0 Å². The van der Waals surface area contributed by atoms with Gasteiger partial charge in [-0.05, 0) is 18.2 Å². The predicted molar refractivity (Wildman–Crippen MR) is 82.6 cm³/mol. The maximum absolute atomic E-state index is 9.63. The van der Waals surface area contributed by atoms with Gasteiger partial charge in [-0.15, -0.1) is 0 Å². The third-order valence-electron chi connectivity index (χ3n) is 3.59. The highest BCUT2D eigenvalue weighted by molar-refractivity contribution is 7.98. The molecule has 1 fully saturated rings. The van der Waals surface area contributed by atoms with Crippen molar-refractivity contribution in [3.05, 3.63) is 35.9 Å². The van der Waals surface area contributed by atoms with Gasteiger partial charge < -0.3 is 10.4 Å². The second-order valence-corrected chi connectivity index (χ2v) is 6.10. The number of hydrogen-bond acceptors (Lipinski definition) is 4. The molecule has 3 nitrogen and oxygen atoms in total. The van der Waals surface area contributed by atoms with E-state index in [4.69, 9.17) is 0 Å². The monoisotopic (exact) mass is 280 g/mol. The van der Waals surface area contributed by atoms with Gasteiger partial charge in [-0.2, -0.15) is 11.8 Å². The van der Waals surface area contributed by atoms with Gasteiger partial charge in [0.05, 0.1) is 6.10 Å². The highest BCUT2D eigenvalue weighted by atomic mass is 32.2. The fourth-order valence-corrected chi connectivity index (χ4v) is 2.87. The molecular weight excluding hydrogens is 256 g/mol. The molecule has 0 saturated carbocycles. The topological polar surface area (TPSA) is 35.5 Å². The molecule has 1 aromatic carbocycles. The smallest absolute Gasteiger partial charge is 0.0679 e. The van der Waals surface area contributed by atoms with Gasteiger partial charge in [-0.25, -0.2) is 0 Å². The van der Waals surface area contributed by atoms with Crippen LogP contribution in [0, 0.1) is 0 Å². The van der Waals surface area contributed by atoms with Gasteiger partial charge in [-0.1, -0.05) is 30.3 Å². The van der Waals surface area contributed by atoms with E-state index in [9.17, 15) is 5.11 Å². The number of rotatable bonds is 7. The first-order valence-electron chi connectivity index (χ1n) is 6.97. The number of β-amino-alcohol motifs (C(OH)–C–C–N with tert-alkyl or cyclic N) is 1. The lowest BCUT2D eigenvalue weighted by Crippen LogP contribution is -2.35. The second kappa shape index (κ2) is 7.90. The van der Waals surface area contributed by atoms with Crippen molar-refractivity contribution < 1.29 is 5.11 Å². The Bertz CT molecular complexity index is 360. The summed E-state index contributed by atoms with van der Waals surface area (Å²) >= 11 is 1.87. The predicted octanol–water partition coefficient (Wildman–Crippen LogP) is 1.75. The quantitative estimate of drug-likeness (QED) is 0.746. The van der Waals surface area contributed by atoms with Crippen molar-refractivity contribution in [2.75, 3.05) is 38.2 Å². The van der Waals surface area contributed by atoms with Crippen molar-refractivity contribution in [1.29, 1.82) is 0 Å². The van der Waals surface area contributed by atoms with Crippen LogP contribution in [0.15, 0.2) is 30.3 Å². The van der Waals surface area contributed by atoms with E-state index >= 15 is 0 Å². The van der Waals surface area contributed by atoms with Gasteiger partial charge in [0.2, 0.25) is 0 Å². The third-order valence-corrected chi connectivity index (χ3v) is 4.20. The van der Waals surface area contributed by atoms with Crippen molar-refractivity contribution in [2.24, 2.45) is 0 Å². The molecule has 4 heteroatoms. The molecule has 2 atom stereocenters. The van der Waals surface area contributed by atoms with Gasteiger partial charge in [-0.3, -0.25) is 4.90 Å². The molecule has 1 aliphatic heterocycles. The maximum Gasteiger partial charge on any atom is 0.0679 e. The van der Waals surface area contributed by atoms with Crippen LogP contribution in [0.2, 0.25) is 0 Å². The highest BCUT2D eigenvalue weighted by Crippen LogP contribution is 2.17. The zero-order valence-corrected chi connectivity index (χ0v) is 12.4. The van der Waals surface area contributed by atoms with E-state index < -0.39 is 0 Å². The second-order valence-electron chi connectivity index (χ2n) is 5.11. The van der Waals surface area contributed by atoms with Crippen LogP contribution in [-0.4, -0.2) is 54.3 Å². The summed E-state index contributed by atoms with van der Waals surface area (Å²) in [6.07, 6.45) is 2.91. The van der Waals surface area contributed by atoms with E-state index in [0.29, 0.717) is 6.04 Å². The minimum Gasteiger partial charge on any atom is -0.392 e. The largest absolute Gasteiger partial charge is 0.392 e. The Balaban J connectivity index is 1.93. The van der Waals surface area contributed by atoms with Crippen LogP contribution in [0.25, 0.3) is 0 Å².